The van der Waals surface area contributed by atoms with E-state index in [4.69, 9.17) is 0 Å². The number of aromatic nitrogens is 4. The minimum atomic E-state index is 0.346. The van der Waals surface area contributed by atoms with Crippen LogP contribution in [0.2, 0.25) is 0 Å². The monoisotopic (exact) mass is 150 g/mol. The fraction of sp³-hybridized carbons (Fsp3) is 0.571. The lowest BCUT2D eigenvalue weighted by molar-refractivity contribution is 0.629. The van der Waals surface area contributed by atoms with Gasteiger partial charge in [0.2, 0.25) is 5.82 Å². The smallest absolute Gasteiger partial charge is 0.166 e. The predicted octanol–water partition coefficient (Wildman–Crippen LogP) is 0.218. The molecule has 0 N–H and O–H groups in total. The van der Waals surface area contributed by atoms with E-state index in [9.17, 15) is 0 Å². The van der Waals surface area contributed by atoms with E-state index in [0.29, 0.717) is 11.7 Å². The van der Waals surface area contributed by atoms with Crippen molar-refractivity contribution in [3.63, 3.8) is 0 Å². The number of nitrogens with zero attached hydrogens (tertiary/aromatic N) is 4. The van der Waals surface area contributed by atoms with Gasteiger partial charge in [-0.2, -0.15) is 4.80 Å². The number of hydrogen-bond acceptors (Lipinski definition) is 3. The highest BCUT2D eigenvalue weighted by atomic mass is 15.6. The van der Waals surface area contributed by atoms with Gasteiger partial charge >= 0.3 is 0 Å². The fourth-order valence-corrected chi connectivity index (χ4v) is 0.543. The Labute approximate surface area is 65.6 Å². The van der Waals surface area contributed by atoms with Gasteiger partial charge in [-0.3, -0.25) is 0 Å². The second-order valence-electron chi connectivity index (χ2n) is 2.53. The first-order chi connectivity index (χ1) is 5.18. The third-order valence-corrected chi connectivity index (χ3v) is 0.981. The second-order valence-corrected chi connectivity index (χ2v) is 2.53. The summed E-state index contributed by atoms with van der Waals surface area (Å²) in [5.74, 6) is 6.59. The minimum absolute atomic E-state index is 0.346. The molecular formula is C7H10N4. The molecule has 1 aromatic rings. The molecule has 0 amide bonds. The van der Waals surface area contributed by atoms with Gasteiger partial charge in [-0.1, -0.05) is 24.9 Å². The van der Waals surface area contributed by atoms with E-state index < -0.39 is 0 Å². The van der Waals surface area contributed by atoms with Crippen LogP contribution in [0.15, 0.2) is 0 Å². The molecule has 0 aromatic carbocycles. The molecule has 4 nitrogen and oxygen atoms in total. The maximum Gasteiger partial charge on any atom is 0.247 e. The van der Waals surface area contributed by atoms with Crippen molar-refractivity contribution in [2.45, 2.75) is 13.8 Å². The van der Waals surface area contributed by atoms with E-state index in [-0.39, 0.29) is 0 Å². The van der Waals surface area contributed by atoms with E-state index >= 15 is 0 Å². The Balaban J connectivity index is 2.74. The maximum atomic E-state index is 3.90. The summed E-state index contributed by atoms with van der Waals surface area (Å²) in [5, 5.41) is 11.3. The molecule has 58 valence electrons. The number of hydrogen-bond donors (Lipinski definition) is 0. The molecule has 11 heavy (non-hydrogen) atoms. The minimum Gasteiger partial charge on any atom is -0.166 e. The van der Waals surface area contributed by atoms with Gasteiger partial charge in [0.05, 0.1) is 7.05 Å². The lowest BCUT2D eigenvalue weighted by atomic mass is 10.2. The standard InChI is InChI=1S/C7H10N4/c1-6(2)4-5-7-8-10-11(3)9-7/h6H,1-3H3. The van der Waals surface area contributed by atoms with Crippen LogP contribution in [0, 0.1) is 17.8 Å². The summed E-state index contributed by atoms with van der Waals surface area (Å²) in [7, 11) is 1.72. The van der Waals surface area contributed by atoms with Crippen LogP contribution in [0.25, 0.3) is 0 Å². The lowest BCUT2D eigenvalue weighted by Gasteiger charge is -1.83. The summed E-state index contributed by atoms with van der Waals surface area (Å²) in [6, 6.07) is 0. The van der Waals surface area contributed by atoms with Gasteiger partial charge in [0, 0.05) is 5.92 Å². The van der Waals surface area contributed by atoms with E-state index in [1.807, 2.05) is 13.8 Å². The summed E-state index contributed by atoms with van der Waals surface area (Å²) in [6.45, 7) is 4.03. The predicted molar refractivity (Wildman–Crippen MR) is 40.5 cm³/mol. The van der Waals surface area contributed by atoms with Crippen molar-refractivity contribution in [3.8, 4) is 11.8 Å². The SMILES string of the molecule is CC(C)C#Cc1nnn(C)n1. The Hall–Kier alpha value is -1.37. The molecule has 4 heteroatoms. The summed E-state index contributed by atoms with van der Waals surface area (Å²) in [6.07, 6.45) is 0. The van der Waals surface area contributed by atoms with Crippen LogP contribution in [0.1, 0.15) is 19.7 Å². The normalized spacial score (nSPS) is 9.45. The first-order valence-corrected chi connectivity index (χ1v) is 3.44. The molecule has 0 unspecified atom stereocenters. The molecule has 1 heterocycles. The Morgan fingerprint density at radius 2 is 2.18 bits per heavy atom. The van der Waals surface area contributed by atoms with Gasteiger partial charge in [-0.05, 0) is 11.1 Å². The molecule has 0 aliphatic rings. The Morgan fingerprint density at radius 1 is 1.45 bits per heavy atom. The molecule has 0 aliphatic carbocycles. The van der Waals surface area contributed by atoms with Crippen LogP contribution in [-0.4, -0.2) is 20.2 Å². The van der Waals surface area contributed by atoms with Crippen molar-refractivity contribution >= 4 is 0 Å². The number of aryl methyl sites for hydroxylation is 1. The highest BCUT2D eigenvalue weighted by Crippen LogP contribution is 1.87. The van der Waals surface area contributed by atoms with Crippen molar-refractivity contribution in [2.75, 3.05) is 0 Å². The van der Waals surface area contributed by atoms with Crippen molar-refractivity contribution < 1.29 is 0 Å². The molecular weight excluding hydrogens is 140 g/mol. The highest BCUT2D eigenvalue weighted by molar-refractivity contribution is 5.18. The second kappa shape index (κ2) is 3.15. The fourth-order valence-electron chi connectivity index (χ4n) is 0.543. The topological polar surface area (TPSA) is 43.6 Å². The Bertz CT molecular complexity index is 289. The highest BCUT2D eigenvalue weighted by Gasteiger charge is 1.92. The summed E-state index contributed by atoms with van der Waals surface area (Å²) >= 11 is 0. The molecule has 0 fully saturated rings. The van der Waals surface area contributed by atoms with Crippen molar-refractivity contribution in [1.29, 1.82) is 0 Å². The third-order valence-electron chi connectivity index (χ3n) is 0.981. The van der Waals surface area contributed by atoms with E-state index in [1.54, 1.807) is 7.05 Å². The summed E-state index contributed by atoms with van der Waals surface area (Å²) in [5.41, 5.74) is 0. The molecule has 0 bridgehead atoms. The Morgan fingerprint density at radius 3 is 2.64 bits per heavy atom. The largest absolute Gasteiger partial charge is 0.247 e. The third kappa shape index (κ3) is 2.38. The number of tetrazole rings is 1. The average Bonchev–Trinajstić information content (AvgIpc) is 2.31. The first kappa shape index (κ1) is 7.73. The Kier molecular flexibility index (Phi) is 2.21. The van der Waals surface area contributed by atoms with Gasteiger partial charge in [0.15, 0.2) is 0 Å². The molecule has 1 aromatic heterocycles. The van der Waals surface area contributed by atoms with Gasteiger partial charge in [0.1, 0.15) is 0 Å². The van der Waals surface area contributed by atoms with Crippen LogP contribution in [-0.2, 0) is 7.05 Å². The van der Waals surface area contributed by atoms with Gasteiger partial charge in [-0.25, -0.2) is 0 Å². The molecule has 1 rings (SSSR count). The summed E-state index contributed by atoms with van der Waals surface area (Å²) < 4.78 is 0. The van der Waals surface area contributed by atoms with Gasteiger partial charge in [0.25, 0.3) is 0 Å². The maximum absolute atomic E-state index is 3.90. The van der Waals surface area contributed by atoms with Crippen molar-refractivity contribution in [2.24, 2.45) is 13.0 Å². The van der Waals surface area contributed by atoms with Crippen LogP contribution in [0.3, 0.4) is 0 Å². The molecule has 0 saturated carbocycles. The van der Waals surface area contributed by atoms with Gasteiger partial charge < -0.3 is 0 Å². The van der Waals surface area contributed by atoms with Crippen molar-refractivity contribution in [3.05, 3.63) is 5.82 Å². The van der Waals surface area contributed by atoms with Crippen molar-refractivity contribution in [1.82, 2.24) is 20.2 Å². The van der Waals surface area contributed by atoms with Gasteiger partial charge in [-0.15, -0.1) is 5.10 Å². The molecule has 0 aliphatic heterocycles. The zero-order chi connectivity index (χ0) is 8.27. The molecule has 0 atom stereocenters. The number of rotatable bonds is 0. The molecule has 0 radical (unpaired) electrons. The zero-order valence-corrected chi connectivity index (χ0v) is 6.87. The van der Waals surface area contributed by atoms with E-state index in [2.05, 4.69) is 27.3 Å². The van der Waals surface area contributed by atoms with Crippen LogP contribution >= 0.6 is 0 Å². The first-order valence-electron chi connectivity index (χ1n) is 3.44. The quantitative estimate of drug-likeness (QED) is 0.497. The lowest BCUT2D eigenvalue weighted by Crippen LogP contribution is -1.91. The molecule has 0 spiro atoms. The average molecular weight is 150 g/mol. The zero-order valence-electron chi connectivity index (χ0n) is 6.87. The summed E-state index contributed by atoms with van der Waals surface area (Å²) in [4.78, 5) is 1.39. The van der Waals surface area contributed by atoms with Crippen LogP contribution < -0.4 is 0 Å². The van der Waals surface area contributed by atoms with Crippen LogP contribution in [0.5, 0.6) is 0 Å². The van der Waals surface area contributed by atoms with E-state index in [1.165, 1.54) is 4.80 Å². The van der Waals surface area contributed by atoms with Crippen LogP contribution in [0.4, 0.5) is 0 Å². The molecule has 0 saturated heterocycles. The van der Waals surface area contributed by atoms with E-state index in [0.717, 1.165) is 0 Å².